The number of nitrogens with one attached hydrogen (secondary N) is 1. The zero-order chi connectivity index (χ0) is 15.9. The number of anilines is 1. The van der Waals surface area contributed by atoms with E-state index in [1.807, 2.05) is 6.07 Å². The molecule has 0 aliphatic carbocycles. The fourth-order valence-corrected chi connectivity index (χ4v) is 2.42. The van der Waals surface area contributed by atoms with Crippen LogP contribution in [-0.4, -0.2) is 28.5 Å². The molecule has 0 unspecified atom stereocenters. The number of nitrogens with zero attached hydrogens (tertiary/aromatic N) is 3. The molecular formula is C14H12N4O3S. The number of pyridine rings is 1. The number of carbonyl (C=O) groups is 2. The predicted molar refractivity (Wildman–Crippen MR) is 79.3 cm³/mol. The van der Waals surface area contributed by atoms with Crippen LogP contribution >= 0.6 is 11.3 Å². The van der Waals surface area contributed by atoms with E-state index in [0.29, 0.717) is 5.69 Å². The van der Waals surface area contributed by atoms with Crippen LogP contribution in [0.4, 0.5) is 5.69 Å². The number of rotatable bonds is 5. The molecule has 0 fully saturated rings. The summed E-state index contributed by atoms with van der Waals surface area (Å²) >= 11 is 1.06. The van der Waals surface area contributed by atoms with E-state index in [2.05, 4.69) is 15.3 Å². The third kappa shape index (κ3) is 3.65. The Hall–Kier alpha value is -2.79. The van der Waals surface area contributed by atoms with E-state index in [0.717, 1.165) is 11.3 Å². The molecule has 0 aliphatic rings. The third-order valence-corrected chi connectivity index (χ3v) is 3.48. The van der Waals surface area contributed by atoms with Gasteiger partial charge in [0.25, 0.3) is 0 Å². The molecule has 1 atom stereocenters. The SMILES string of the molecule is CCOC(=O)c1csc([C@H](C#N)C(=O)Nc2cccnc2)n1. The molecule has 0 aromatic carbocycles. The van der Waals surface area contributed by atoms with Crippen LogP contribution in [0.5, 0.6) is 0 Å². The number of hydrogen-bond acceptors (Lipinski definition) is 7. The first kappa shape index (κ1) is 15.6. The fourth-order valence-electron chi connectivity index (χ4n) is 1.60. The second-order valence-corrected chi connectivity index (χ2v) is 4.97. The van der Waals surface area contributed by atoms with Crippen molar-refractivity contribution in [1.29, 1.82) is 5.26 Å². The standard InChI is InChI=1S/C14H12N4O3S/c1-2-21-14(20)11-8-22-13(18-11)10(6-15)12(19)17-9-4-3-5-16-7-9/h3-5,7-8,10H,2H2,1H3,(H,17,19)/t10-/m1/s1. The van der Waals surface area contributed by atoms with Crippen molar-refractivity contribution in [3.8, 4) is 6.07 Å². The summed E-state index contributed by atoms with van der Waals surface area (Å²) in [6, 6.07) is 5.21. The smallest absolute Gasteiger partial charge is 0.357 e. The molecule has 0 spiro atoms. The summed E-state index contributed by atoms with van der Waals surface area (Å²) in [5.74, 6) is -2.21. The van der Waals surface area contributed by atoms with Gasteiger partial charge in [0.15, 0.2) is 11.6 Å². The van der Waals surface area contributed by atoms with Crippen molar-refractivity contribution < 1.29 is 14.3 Å². The number of esters is 1. The van der Waals surface area contributed by atoms with E-state index in [1.54, 1.807) is 25.3 Å². The maximum Gasteiger partial charge on any atom is 0.357 e. The van der Waals surface area contributed by atoms with Crippen molar-refractivity contribution in [2.24, 2.45) is 0 Å². The highest BCUT2D eigenvalue weighted by Crippen LogP contribution is 2.22. The summed E-state index contributed by atoms with van der Waals surface area (Å²) in [4.78, 5) is 31.6. The summed E-state index contributed by atoms with van der Waals surface area (Å²) in [6.07, 6.45) is 3.04. The number of thiazole rings is 1. The third-order valence-electron chi connectivity index (χ3n) is 2.57. The highest BCUT2D eigenvalue weighted by Gasteiger charge is 2.25. The van der Waals surface area contributed by atoms with Crippen LogP contribution in [0.3, 0.4) is 0 Å². The van der Waals surface area contributed by atoms with Gasteiger partial charge < -0.3 is 10.1 Å². The van der Waals surface area contributed by atoms with Crippen molar-refractivity contribution in [2.45, 2.75) is 12.8 Å². The number of ether oxygens (including phenoxy) is 1. The van der Waals surface area contributed by atoms with E-state index in [9.17, 15) is 14.9 Å². The first-order valence-electron chi connectivity index (χ1n) is 6.38. The molecule has 7 nitrogen and oxygen atoms in total. The van der Waals surface area contributed by atoms with Gasteiger partial charge in [-0.15, -0.1) is 11.3 Å². The maximum atomic E-state index is 12.1. The molecule has 2 rings (SSSR count). The van der Waals surface area contributed by atoms with Gasteiger partial charge in [0.05, 0.1) is 24.6 Å². The van der Waals surface area contributed by atoms with Gasteiger partial charge in [0.2, 0.25) is 5.91 Å². The molecule has 8 heteroatoms. The molecule has 1 amide bonds. The Labute approximate surface area is 130 Å². The minimum absolute atomic E-state index is 0.0938. The first-order chi connectivity index (χ1) is 10.7. The summed E-state index contributed by atoms with van der Waals surface area (Å²) in [5, 5.41) is 13.5. The van der Waals surface area contributed by atoms with Crippen LogP contribution in [-0.2, 0) is 9.53 Å². The fraction of sp³-hybridized carbons (Fsp3) is 0.214. The van der Waals surface area contributed by atoms with Crippen molar-refractivity contribution in [1.82, 2.24) is 9.97 Å². The molecule has 2 aromatic heterocycles. The monoisotopic (exact) mass is 316 g/mol. The lowest BCUT2D eigenvalue weighted by Gasteiger charge is -2.07. The van der Waals surface area contributed by atoms with Crippen LogP contribution in [0.25, 0.3) is 0 Å². The van der Waals surface area contributed by atoms with Crippen LogP contribution in [0, 0.1) is 11.3 Å². The number of hydrogen-bond donors (Lipinski definition) is 1. The molecule has 22 heavy (non-hydrogen) atoms. The molecule has 2 aromatic rings. The molecule has 0 aliphatic heterocycles. The minimum atomic E-state index is -1.10. The van der Waals surface area contributed by atoms with E-state index in [-0.39, 0.29) is 17.3 Å². The summed E-state index contributed by atoms with van der Waals surface area (Å²) < 4.78 is 4.82. The van der Waals surface area contributed by atoms with E-state index < -0.39 is 17.8 Å². The Morgan fingerprint density at radius 2 is 2.36 bits per heavy atom. The lowest BCUT2D eigenvalue weighted by atomic mass is 10.1. The zero-order valence-corrected chi connectivity index (χ0v) is 12.5. The molecule has 1 N–H and O–H groups in total. The maximum absolute atomic E-state index is 12.1. The zero-order valence-electron chi connectivity index (χ0n) is 11.6. The van der Waals surface area contributed by atoms with Gasteiger partial charge in [0.1, 0.15) is 5.01 Å². The topological polar surface area (TPSA) is 105 Å². The Bertz CT molecular complexity index is 708. The number of aromatic nitrogens is 2. The Morgan fingerprint density at radius 1 is 1.55 bits per heavy atom. The average molecular weight is 316 g/mol. The van der Waals surface area contributed by atoms with Crippen molar-refractivity contribution in [3.05, 3.63) is 40.6 Å². The normalized spacial score (nSPS) is 11.3. The van der Waals surface area contributed by atoms with Crippen LogP contribution in [0.2, 0.25) is 0 Å². The van der Waals surface area contributed by atoms with Crippen molar-refractivity contribution >= 4 is 28.9 Å². The molecule has 2 heterocycles. The van der Waals surface area contributed by atoms with E-state index in [1.165, 1.54) is 11.6 Å². The number of amides is 1. The second-order valence-electron chi connectivity index (χ2n) is 4.08. The molecule has 0 saturated carbocycles. The van der Waals surface area contributed by atoms with Gasteiger partial charge in [0, 0.05) is 11.6 Å². The molecular weight excluding hydrogens is 304 g/mol. The second kappa shape index (κ2) is 7.28. The highest BCUT2D eigenvalue weighted by molar-refractivity contribution is 7.10. The molecule has 0 saturated heterocycles. The van der Waals surface area contributed by atoms with E-state index >= 15 is 0 Å². The highest BCUT2D eigenvalue weighted by atomic mass is 32.1. The summed E-state index contributed by atoms with van der Waals surface area (Å²) in [7, 11) is 0. The van der Waals surface area contributed by atoms with Gasteiger partial charge in [-0.1, -0.05) is 0 Å². The molecule has 0 radical (unpaired) electrons. The van der Waals surface area contributed by atoms with Crippen molar-refractivity contribution in [2.75, 3.05) is 11.9 Å². The Balaban J connectivity index is 2.13. The van der Waals surface area contributed by atoms with Gasteiger partial charge in [-0.25, -0.2) is 9.78 Å². The summed E-state index contributed by atoms with van der Waals surface area (Å²) in [6.45, 7) is 1.92. The van der Waals surface area contributed by atoms with Gasteiger partial charge in [-0.3, -0.25) is 9.78 Å². The molecule has 0 bridgehead atoms. The van der Waals surface area contributed by atoms with Crippen LogP contribution in [0.1, 0.15) is 28.3 Å². The Morgan fingerprint density at radius 3 is 3.00 bits per heavy atom. The Kier molecular flexibility index (Phi) is 5.16. The number of nitriles is 1. The van der Waals surface area contributed by atoms with Crippen LogP contribution < -0.4 is 5.32 Å². The largest absolute Gasteiger partial charge is 0.461 e. The predicted octanol–water partition coefficient (Wildman–Crippen LogP) is 1.96. The van der Waals surface area contributed by atoms with Crippen molar-refractivity contribution in [3.63, 3.8) is 0 Å². The summed E-state index contributed by atoms with van der Waals surface area (Å²) in [5.41, 5.74) is 0.575. The number of carbonyl (C=O) groups excluding carboxylic acids is 2. The average Bonchev–Trinajstić information content (AvgIpc) is 2.99. The van der Waals surface area contributed by atoms with Crippen LogP contribution in [0.15, 0.2) is 29.9 Å². The van der Waals surface area contributed by atoms with Gasteiger partial charge in [-0.2, -0.15) is 5.26 Å². The quantitative estimate of drug-likeness (QED) is 0.845. The van der Waals surface area contributed by atoms with Gasteiger partial charge >= 0.3 is 5.97 Å². The van der Waals surface area contributed by atoms with Gasteiger partial charge in [-0.05, 0) is 19.1 Å². The first-order valence-corrected chi connectivity index (χ1v) is 7.26. The lowest BCUT2D eigenvalue weighted by Crippen LogP contribution is -2.20. The van der Waals surface area contributed by atoms with E-state index in [4.69, 9.17) is 4.74 Å². The lowest BCUT2D eigenvalue weighted by molar-refractivity contribution is -0.116. The molecule has 112 valence electrons. The minimum Gasteiger partial charge on any atom is -0.461 e.